The molecule has 1 aliphatic rings. The fourth-order valence-corrected chi connectivity index (χ4v) is 1.78. The number of amides is 1. The molecule has 0 spiro atoms. The number of carbonyl (C=O) groups excluding carboxylic acids is 1. The molecule has 86 valence electrons. The lowest BCUT2D eigenvalue weighted by molar-refractivity contribution is -0.131. The number of nitrogens with zero attached hydrogens (tertiary/aromatic N) is 1. The van der Waals surface area contributed by atoms with Crippen molar-refractivity contribution in [2.24, 2.45) is 0 Å². The molecule has 1 aliphatic heterocycles. The van der Waals surface area contributed by atoms with Crippen molar-refractivity contribution in [3.05, 3.63) is 34.2 Å². The zero-order valence-electron chi connectivity index (χ0n) is 9.03. The molecule has 0 aromatic carbocycles. The summed E-state index contributed by atoms with van der Waals surface area (Å²) in [5.41, 5.74) is 0.358. The molecule has 0 bridgehead atoms. The highest BCUT2D eigenvalue weighted by Crippen LogP contribution is 1.99. The Labute approximate surface area is 93.5 Å². The highest BCUT2D eigenvalue weighted by atomic mass is 16.2. The Morgan fingerprint density at radius 1 is 1.38 bits per heavy atom. The van der Waals surface area contributed by atoms with Crippen molar-refractivity contribution in [3.63, 3.8) is 0 Å². The van der Waals surface area contributed by atoms with Gasteiger partial charge in [0.25, 0.3) is 5.56 Å². The molecule has 0 aliphatic carbocycles. The molecule has 5 nitrogen and oxygen atoms in total. The van der Waals surface area contributed by atoms with Gasteiger partial charge in [0.05, 0.1) is 6.42 Å². The summed E-state index contributed by atoms with van der Waals surface area (Å²) < 4.78 is 0. The van der Waals surface area contributed by atoms with E-state index < -0.39 is 0 Å². The maximum absolute atomic E-state index is 11.9. The predicted molar refractivity (Wildman–Crippen MR) is 60.2 cm³/mol. The van der Waals surface area contributed by atoms with Crippen LogP contribution < -0.4 is 10.9 Å². The summed E-state index contributed by atoms with van der Waals surface area (Å²) in [6.07, 6.45) is 1.76. The predicted octanol–water partition coefficient (Wildman–Crippen LogP) is -0.651. The first-order valence-electron chi connectivity index (χ1n) is 5.42. The van der Waals surface area contributed by atoms with E-state index in [1.807, 2.05) is 0 Å². The lowest BCUT2D eigenvalue weighted by Gasteiger charge is -2.27. The molecule has 0 atom stereocenters. The lowest BCUT2D eigenvalue weighted by Crippen LogP contribution is -2.47. The molecule has 2 rings (SSSR count). The average molecular weight is 221 g/mol. The second-order valence-electron chi connectivity index (χ2n) is 3.83. The third-order valence-corrected chi connectivity index (χ3v) is 2.71. The molecule has 2 N–H and O–H groups in total. The number of H-pyrrole nitrogens is 1. The standard InChI is InChI=1S/C11H15N3O2/c15-10(14-6-4-12-5-7-14)8-9-2-1-3-13-11(9)16/h1-3,12H,4-8H2,(H,13,16). The van der Waals surface area contributed by atoms with Crippen molar-refractivity contribution >= 4 is 5.91 Å². The average Bonchev–Trinajstić information content (AvgIpc) is 2.33. The van der Waals surface area contributed by atoms with E-state index in [0.29, 0.717) is 5.56 Å². The number of pyridine rings is 1. The van der Waals surface area contributed by atoms with E-state index in [9.17, 15) is 9.59 Å². The number of aromatic amines is 1. The van der Waals surface area contributed by atoms with Gasteiger partial charge in [-0.15, -0.1) is 0 Å². The van der Waals surface area contributed by atoms with Crippen LogP contribution in [-0.2, 0) is 11.2 Å². The van der Waals surface area contributed by atoms with E-state index in [1.165, 1.54) is 0 Å². The molecule has 5 heteroatoms. The summed E-state index contributed by atoms with van der Waals surface area (Å²) in [4.78, 5) is 27.6. The number of hydrogen-bond acceptors (Lipinski definition) is 3. The third kappa shape index (κ3) is 2.49. The van der Waals surface area contributed by atoms with Crippen molar-refractivity contribution in [2.75, 3.05) is 26.2 Å². The topological polar surface area (TPSA) is 65.2 Å². The lowest BCUT2D eigenvalue weighted by atomic mass is 10.2. The molecule has 0 radical (unpaired) electrons. The summed E-state index contributed by atoms with van der Waals surface area (Å²) in [7, 11) is 0. The van der Waals surface area contributed by atoms with Crippen LogP contribution in [0.25, 0.3) is 0 Å². The Hall–Kier alpha value is -1.62. The van der Waals surface area contributed by atoms with Crippen LogP contribution in [0, 0.1) is 0 Å². The number of carbonyl (C=O) groups is 1. The zero-order valence-corrected chi connectivity index (χ0v) is 9.03. The molecule has 1 amide bonds. The summed E-state index contributed by atoms with van der Waals surface area (Å²) in [5, 5.41) is 3.18. The first-order chi connectivity index (χ1) is 7.77. The van der Waals surface area contributed by atoms with E-state index in [4.69, 9.17) is 0 Å². The van der Waals surface area contributed by atoms with Gasteiger partial charge in [0.1, 0.15) is 0 Å². The Balaban J connectivity index is 2.01. The Morgan fingerprint density at radius 3 is 2.81 bits per heavy atom. The highest BCUT2D eigenvalue weighted by Gasteiger charge is 2.17. The van der Waals surface area contributed by atoms with Gasteiger partial charge in [0, 0.05) is 37.9 Å². The Bertz CT molecular complexity index is 421. The normalized spacial score (nSPS) is 16.1. The largest absolute Gasteiger partial charge is 0.340 e. The number of aromatic nitrogens is 1. The monoisotopic (exact) mass is 221 g/mol. The van der Waals surface area contributed by atoms with Crippen LogP contribution >= 0.6 is 0 Å². The molecular formula is C11H15N3O2. The molecule has 1 saturated heterocycles. The van der Waals surface area contributed by atoms with Gasteiger partial charge in [0.2, 0.25) is 5.91 Å². The quantitative estimate of drug-likeness (QED) is 0.697. The molecule has 0 saturated carbocycles. The number of hydrogen-bond donors (Lipinski definition) is 2. The van der Waals surface area contributed by atoms with Crippen LogP contribution in [0.3, 0.4) is 0 Å². The minimum atomic E-state index is -0.175. The Kier molecular flexibility index (Phi) is 3.36. The maximum atomic E-state index is 11.9. The summed E-state index contributed by atoms with van der Waals surface area (Å²) in [5.74, 6) is 0.0261. The number of piperazine rings is 1. The molecule has 1 fully saturated rings. The molecule has 16 heavy (non-hydrogen) atoms. The van der Waals surface area contributed by atoms with Crippen LogP contribution in [0.4, 0.5) is 0 Å². The minimum Gasteiger partial charge on any atom is -0.340 e. The third-order valence-electron chi connectivity index (χ3n) is 2.71. The number of nitrogens with one attached hydrogen (secondary N) is 2. The van der Waals surface area contributed by atoms with Crippen molar-refractivity contribution in [3.8, 4) is 0 Å². The molecule has 1 aromatic rings. The molecule has 1 aromatic heterocycles. The SMILES string of the molecule is O=C(Cc1ccc[nH]c1=O)N1CCNCC1. The van der Waals surface area contributed by atoms with Gasteiger partial charge < -0.3 is 15.2 Å². The fourth-order valence-electron chi connectivity index (χ4n) is 1.78. The fraction of sp³-hybridized carbons (Fsp3) is 0.455. The van der Waals surface area contributed by atoms with Gasteiger partial charge >= 0.3 is 0 Å². The van der Waals surface area contributed by atoms with E-state index in [0.717, 1.165) is 26.2 Å². The minimum absolute atomic E-state index is 0.0261. The maximum Gasteiger partial charge on any atom is 0.251 e. The van der Waals surface area contributed by atoms with Gasteiger partial charge in [0.15, 0.2) is 0 Å². The van der Waals surface area contributed by atoms with E-state index in [1.54, 1.807) is 23.2 Å². The van der Waals surface area contributed by atoms with Crippen LogP contribution in [0.5, 0.6) is 0 Å². The zero-order chi connectivity index (χ0) is 11.4. The second-order valence-corrected chi connectivity index (χ2v) is 3.83. The summed E-state index contributed by atoms with van der Waals surface area (Å²) in [6, 6.07) is 3.43. The van der Waals surface area contributed by atoms with Gasteiger partial charge in [-0.3, -0.25) is 9.59 Å². The van der Waals surface area contributed by atoms with Gasteiger partial charge in [-0.1, -0.05) is 6.07 Å². The van der Waals surface area contributed by atoms with Gasteiger partial charge in [-0.2, -0.15) is 0 Å². The van der Waals surface area contributed by atoms with Crippen LogP contribution in [0.15, 0.2) is 23.1 Å². The van der Waals surface area contributed by atoms with Crippen molar-refractivity contribution < 1.29 is 4.79 Å². The van der Waals surface area contributed by atoms with Crippen molar-refractivity contribution in [1.29, 1.82) is 0 Å². The van der Waals surface area contributed by atoms with Crippen LogP contribution in [0.2, 0.25) is 0 Å². The van der Waals surface area contributed by atoms with E-state index in [2.05, 4.69) is 10.3 Å². The van der Waals surface area contributed by atoms with Crippen LogP contribution in [0.1, 0.15) is 5.56 Å². The van der Waals surface area contributed by atoms with E-state index >= 15 is 0 Å². The first-order valence-corrected chi connectivity index (χ1v) is 5.42. The number of rotatable bonds is 2. The van der Waals surface area contributed by atoms with E-state index in [-0.39, 0.29) is 17.9 Å². The van der Waals surface area contributed by atoms with Gasteiger partial charge in [-0.05, 0) is 6.07 Å². The van der Waals surface area contributed by atoms with Crippen molar-refractivity contribution in [1.82, 2.24) is 15.2 Å². The molecule has 0 unspecified atom stereocenters. The smallest absolute Gasteiger partial charge is 0.251 e. The van der Waals surface area contributed by atoms with Gasteiger partial charge in [-0.25, -0.2) is 0 Å². The highest BCUT2D eigenvalue weighted by molar-refractivity contribution is 5.78. The second kappa shape index (κ2) is 4.94. The van der Waals surface area contributed by atoms with Crippen molar-refractivity contribution in [2.45, 2.75) is 6.42 Å². The first kappa shape index (κ1) is 10.9. The summed E-state index contributed by atoms with van der Waals surface area (Å²) in [6.45, 7) is 3.11. The Morgan fingerprint density at radius 2 is 2.12 bits per heavy atom. The van der Waals surface area contributed by atoms with Crippen LogP contribution in [-0.4, -0.2) is 42.0 Å². The summed E-state index contributed by atoms with van der Waals surface area (Å²) >= 11 is 0. The molecule has 2 heterocycles. The molecular weight excluding hydrogens is 206 g/mol.